The van der Waals surface area contributed by atoms with Crippen molar-refractivity contribution in [3.63, 3.8) is 0 Å². The largest absolute Gasteiger partial charge is 0.493 e. The van der Waals surface area contributed by atoms with Gasteiger partial charge in [0.15, 0.2) is 11.5 Å². The molecule has 0 radical (unpaired) electrons. The maximum Gasteiger partial charge on any atom is 0.244 e. The van der Waals surface area contributed by atoms with Crippen molar-refractivity contribution in [2.45, 2.75) is 17.4 Å². The second kappa shape index (κ2) is 11.8. The first kappa shape index (κ1) is 24.0. The summed E-state index contributed by atoms with van der Waals surface area (Å²) in [5, 5.41) is 2.65. The zero-order valence-corrected chi connectivity index (χ0v) is 18.4. The van der Waals surface area contributed by atoms with Crippen LogP contribution < -0.4 is 19.5 Å². The number of para-hydroxylation sites is 2. The molecule has 0 fully saturated rings. The monoisotopic (exact) mass is 456 g/mol. The molecule has 2 aromatic carbocycles. The molecule has 1 unspecified atom stereocenters. The van der Waals surface area contributed by atoms with Crippen molar-refractivity contribution in [2.24, 2.45) is 0 Å². The van der Waals surface area contributed by atoms with Gasteiger partial charge < -0.3 is 14.8 Å². The summed E-state index contributed by atoms with van der Waals surface area (Å²) in [4.78, 5) is 12.1. The van der Waals surface area contributed by atoms with E-state index in [1.54, 1.807) is 18.2 Å². The van der Waals surface area contributed by atoms with Gasteiger partial charge in [0, 0.05) is 0 Å². The predicted octanol–water partition coefficient (Wildman–Crippen LogP) is 2.43. The number of sulfonamides is 1. The Labute approximate surface area is 180 Å². The molecular weight excluding hydrogens is 431 g/mol. The molecule has 2 rings (SSSR count). The van der Waals surface area contributed by atoms with E-state index in [0.29, 0.717) is 17.3 Å². The highest BCUT2D eigenvalue weighted by Crippen LogP contribution is 2.25. The molecule has 2 N–H and O–H groups in total. The van der Waals surface area contributed by atoms with Gasteiger partial charge in [-0.3, -0.25) is 4.79 Å². The van der Waals surface area contributed by atoms with Crippen molar-refractivity contribution in [2.75, 3.05) is 32.3 Å². The third-order valence-electron chi connectivity index (χ3n) is 4.08. The van der Waals surface area contributed by atoms with Gasteiger partial charge in [-0.25, -0.2) is 12.8 Å². The van der Waals surface area contributed by atoms with Gasteiger partial charge in [-0.15, -0.1) is 0 Å². The van der Waals surface area contributed by atoms with E-state index in [2.05, 4.69) is 10.0 Å². The van der Waals surface area contributed by atoms with E-state index in [1.807, 2.05) is 12.3 Å². The number of rotatable bonds is 12. The number of halogens is 1. The Morgan fingerprint density at radius 1 is 1.13 bits per heavy atom. The Morgan fingerprint density at radius 2 is 1.80 bits per heavy atom. The number of nitrogens with one attached hydrogen (secondary N) is 2. The zero-order chi connectivity index (χ0) is 22.0. The standard InChI is InChI=1S/C20H25FN2O5S2/c1-27-17-8-4-5-9-18(17)28-13-12-22-20(24)16(11-14-29-2)23-30(25,26)19-10-6-3-7-15(19)21/h3-10,16,23H,11-14H2,1-2H3,(H,22,24). The van der Waals surface area contributed by atoms with Gasteiger partial charge in [0.25, 0.3) is 0 Å². The topological polar surface area (TPSA) is 93.7 Å². The van der Waals surface area contributed by atoms with Crippen LogP contribution in [0.3, 0.4) is 0 Å². The lowest BCUT2D eigenvalue weighted by molar-refractivity contribution is -0.122. The van der Waals surface area contributed by atoms with E-state index in [1.165, 1.54) is 31.0 Å². The van der Waals surface area contributed by atoms with Crippen LogP contribution in [0.25, 0.3) is 0 Å². The van der Waals surface area contributed by atoms with Crippen LogP contribution in [-0.4, -0.2) is 52.6 Å². The first-order valence-electron chi connectivity index (χ1n) is 9.18. The average Bonchev–Trinajstić information content (AvgIpc) is 2.74. The molecule has 1 atom stereocenters. The Balaban J connectivity index is 1.97. The molecule has 0 aromatic heterocycles. The summed E-state index contributed by atoms with van der Waals surface area (Å²) in [6.07, 6.45) is 2.11. The number of amides is 1. The van der Waals surface area contributed by atoms with Gasteiger partial charge in [0.2, 0.25) is 15.9 Å². The smallest absolute Gasteiger partial charge is 0.244 e. The molecule has 0 heterocycles. The van der Waals surface area contributed by atoms with Gasteiger partial charge in [-0.05, 0) is 42.7 Å². The van der Waals surface area contributed by atoms with Crippen molar-refractivity contribution in [3.8, 4) is 11.5 Å². The molecule has 0 aliphatic heterocycles. The normalized spacial score (nSPS) is 12.2. The van der Waals surface area contributed by atoms with E-state index in [-0.39, 0.29) is 19.6 Å². The van der Waals surface area contributed by atoms with Gasteiger partial charge >= 0.3 is 0 Å². The molecule has 0 saturated heterocycles. The number of ether oxygens (including phenoxy) is 2. The molecule has 0 spiro atoms. The summed E-state index contributed by atoms with van der Waals surface area (Å²) in [5.41, 5.74) is 0. The Bertz CT molecular complexity index is 940. The maximum atomic E-state index is 13.9. The molecule has 0 saturated carbocycles. The minimum absolute atomic E-state index is 0.161. The second-order valence-corrected chi connectivity index (χ2v) is 8.84. The highest BCUT2D eigenvalue weighted by molar-refractivity contribution is 7.98. The predicted molar refractivity (Wildman–Crippen MR) is 115 cm³/mol. The van der Waals surface area contributed by atoms with E-state index in [0.717, 1.165) is 12.1 Å². The van der Waals surface area contributed by atoms with Crippen LogP contribution in [0.2, 0.25) is 0 Å². The number of hydrogen-bond donors (Lipinski definition) is 2. The number of hydrogen-bond acceptors (Lipinski definition) is 6. The van der Waals surface area contributed by atoms with Crippen LogP contribution in [0.1, 0.15) is 6.42 Å². The van der Waals surface area contributed by atoms with Crippen molar-refractivity contribution in [3.05, 3.63) is 54.3 Å². The summed E-state index contributed by atoms with van der Waals surface area (Å²) in [7, 11) is -2.66. The molecule has 30 heavy (non-hydrogen) atoms. The van der Waals surface area contributed by atoms with Gasteiger partial charge in [-0.1, -0.05) is 24.3 Å². The molecule has 7 nitrogen and oxygen atoms in total. The number of benzene rings is 2. The summed E-state index contributed by atoms with van der Waals surface area (Å²) >= 11 is 1.47. The van der Waals surface area contributed by atoms with Gasteiger partial charge in [0.1, 0.15) is 23.4 Å². The van der Waals surface area contributed by atoms with Crippen LogP contribution in [-0.2, 0) is 14.8 Å². The first-order valence-corrected chi connectivity index (χ1v) is 12.1. The third-order valence-corrected chi connectivity index (χ3v) is 6.23. The van der Waals surface area contributed by atoms with Crippen molar-refractivity contribution < 1.29 is 27.1 Å². The Kier molecular flexibility index (Phi) is 9.41. The molecule has 1 amide bonds. The highest BCUT2D eigenvalue weighted by atomic mass is 32.2. The van der Waals surface area contributed by atoms with Crippen LogP contribution in [0.5, 0.6) is 11.5 Å². The maximum absolute atomic E-state index is 13.9. The molecule has 10 heteroatoms. The Hall–Kier alpha value is -2.30. The van der Waals surface area contributed by atoms with Crippen LogP contribution in [0, 0.1) is 5.82 Å². The molecule has 164 valence electrons. The van der Waals surface area contributed by atoms with Crippen LogP contribution >= 0.6 is 11.8 Å². The average molecular weight is 457 g/mol. The third kappa shape index (κ3) is 6.89. The molecule has 0 bridgehead atoms. The highest BCUT2D eigenvalue weighted by Gasteiger charge is 2.27. The van der Waals surface area contributed by atoms with Crippen molar-refractivity contribution in [1.82, 2.24) is 10.0 Å². The van der Waals surface area contributed by atoms with E-state index < -0.39 is 32.7 Å². The van der Waals surface area contributed by atoms with Gasteiger partial charge in [0.05, 0.1) is 13.7 Å². The number of carbonyl (C=O) groups is 1. The lowest BCUT2D eigenvalue weighted by Crippen LogP contribution is -2.47. The van der Waals surface area contributed by atoms with Crippen LogP contribution in [0.4, 0.5) is 4.39 Å². The summed E-state index contributed by atoms with van der Waals surface area (Å²) in [6.45, 7) is 0.329. The second-order valence-electron chi connectivity index (χ2n) is 6.18. The Morgan fingerprint density at radius 3 is 2.47 bits per heavy atom. The number of thioether (sulfide) groups is 1. The number of carbonyl (C=O) groups excluding carboxylic acids is 1. The fourth-order valence-corrected chi connectivity index (χ4v) is 4.37. The minimum Gasteiger partial charge on any atom is -0.493 e. The summed E-state index contributed by atoms with van der Waals surface area (Å²) in [5.74, 6) is 0.273. The first-order chi connectivity index (χ1) is 14.4. The molecule has 2 aromatic rings. The quantitative estimate of drug-likeness (QED) is 0.477. The summed E-state index contributed by atoms with van der Waals surface area (Å²) in [6, 6.07) is 11.1. The van der Waals surface area contributed by atoms with Gasteiger partial charge in [-0.2, -0.15) is 16.5 Å². The van der Waals surface area contributed by atoms with E-state index in [9.17, 15) is 17.6 Å². The van der Waals surface area contributed by atoms with Crippen molar-refractivity contribution in [1.29, 1.82) is 0 Å². The molecule has 0 aliphatic carbocycles. The molecular formula is C20H25FN2O5S2. The lowest BCUT2D eigenvalue weighted by atomic mass is 10.2. The fourth-order valence-electron chi connectivity index (χ4n) is 2.59. The minimum atomic E-state index is -4.19. The van der Waals surface area contributed by atoms with E-state index in [4.69, 9.17) is 9.47 Å². The lowest BCUT2D eigenvalue weighted by Gasteiger charge is -2.19. The number of methoxy groups -OCH3 is 1. The zero-order valence-electron chi connectivity index (χ0n) is 16.8. The SMILES string of the molecule is COc1ccccc1OCCNC(=O)C(CCSC)NS(=O)(=O)c1ccccc1F. The summed E-state index contributed by atoms with van der Waals surface area (Å²) < 4.78 is 52.1. The fraction of sp³-hybridized carbons (Fsp3) is 0.350. The van der Waals surface area contributed by atoms with Crippen LogP contribution in [0.15, 0.2) is 53.4 Å². The van der Waals surface area contributed by atoms with Crippen molar-refractivity contribution >= 4 is 27.7 Å². The van der Waals surface area contributed by atoms with E-state index >= 15 is 0 Å². The molecule has 0 aliphatic rings.